The fourth-order valence-electron chi connectivity index (χ4n) is 1.91. The Hall–Kier alpha value is -2.10. The van der Waals surface area contributed by atoms with Crippen molar-refractivity contribution in [3.63, 3.8) is 0 Å². The van der Waals surface area contributed by atoms with E-state index in [1.165, 1.54) is 6.33 Å². The highest BCUT2D eigenvalue weighted by molar-refractivity contribution is 5.74. The predicted molar refractivity (Wildman–Crippen MR) is 72.5 cm³/mol. The van der Waals surface area contributed by atoms with Crippen LogP contribution in [0, 0.1) is 0 Å². The summed E-state index contributed by atoms with van der Waals surface area (Å²) in [7, 11) is 1.68. The molecule has 0 saturated heterocycles. The number of hydrogen-bond donors (Lipinski definition) is 1. The fraction of sp³-hybridized carbons (Fsp3) is 0.286. The van der Waals surface area contributed by atoms with Gasteiger partial charge in [-0.15, -0.1) is 0 Å². The molecule has 0 aliphatic rings. The summed E-state index contributed by atoms with van der Waals surface area (Å²) in [5, 5.41) is 0. The molecule has 1 heterocycles. The molecule has 0 fully saturated rings. The third-order valence-corrected chi connectivity index (χ3v) is 2.91. The summed E-state index contributed by atoms with van der Waals surface area (Å²) in [5.74, 6) is 1.76. The maximum absolute atomic E-state index is 5.87. The Morgan fingerprint density at radius 2 is 2.06 bits per heavy atom. The van der Waals surface area contributed by atoms with Gasteiger partial charge < -0.3 is 10.5 Å². The number of hydrogen-bond acceptors (Lipinski definition) is 4. The molecule has 0 spiro atoms. The standard InChI is InChI=1S/C14H17N3O/c1-9(2)11-6-10(4-5-13(11)18-3)12-7-16-8-17-14(12)15/h4-9H,1-3H3,(H2,15,16,17). The van der Waals surface area contributed by atoms with Crippen LogP contribution in [0.25, 0.3) is 11.1 Å². The number of methoxy groups -OCH3 is 1. The minimum Gasteiger partial charge on any atom is -0.496 e. The van der Waals surface area contributed by atoms with Crippen molar-refractivity contribution in [2.24, 2.45) is 0 Å². The van der Waals surface area contributed by atoms with Gasteiger partial charge in [-0.25, -0.2) is 9.97 Å². The molecule has 0 unspecified atom stereocenters. The van der Waals surface area contributed by atoms with E-state index in [1.807, 2.05) is 12.1 Å². The van der Waals surface area contributed by atoms with E-state index in [-0.39, 0.29) is 0 Å². The van der Waals surface area contributed by atoms with Crippen LogP contribution in [-0.4, -0.2) is 17.1 Å². The fourth-order valence-corrected chi connectivity index (χ4v) is 1.91. The molecule has 1 aromatic heterocycles. The van der Waals surface area contributed by atoms with E-state index in [2.05, 4.69) is 29.9 Å². The van der Waals surface area contributed by atoms with Crippen molar-refractivity contribution in [2.45, 2.75) is 19.8 Å². The summed E-state index contributed by atoms with van der Waals surface area (Å²) in [6.45, 7) is 4.26. The minimum absolute atomic E-state index is 0.380. The molecule has 0 aliphatic heterocycles. The third kappa shape index (κ3) is 2.27. The summed E-state index contributed by atoms with van der Waals surface area (Å²) in [6, 6.07) is 6.01. The van der Waals surface area contributed by atoms with Crippen LogP contribution in [0.5, 0.6) is 5.75 Å². The van der Waals surface area contributed by atoms with Crippen molar-refractivity contribution in [2.75, 3.05) is 12.8 Å². The van der Waals surface area contributed by atoms with E-state index < -0.39 is 0 Å². The van der Waals surface area contributed by atoms with Crippen molar-refractivity contribution < 1.29 is 4.74 Å². The Labute approximate surface area is 107 Å². The Bertz CT molecular complexity index is 552. The van der Waals surface area contributed by atoms with E-state index >= 15 is 0 Å². The average Bonchev–Trinajstić information content (AvgIpc) is 2.38. The highest BCUT2D eigenvalue weighted by Gasteiger charge is 2.11. The van der Waals surface area contributed by atoms with Gasteiger partial charge in [-0.05, 0) is 29.2 Å². The van der Waals surface area contributed by atoms with Gasteiger partial charge in [0.05, 0.1) is 7.11 Å². The Kier molecular flexibility index (Phi) is 3.46. The number of nitrogen functional groups attached to an aromatic ring is 1. The average molecular weight is 243 g/mol. The van der Waals surface area contributed by atoms with Gasteiger partial charge in [0.2, 0.25) is 0 Å². The number of rotatable bonds is 3. The molecule has 0 aliphatic carbocycles. The lowest BCUT2D eigenvalue weighted by molar-refractivity contribution is 0.407. The Morgan fingerprint density at radius 1 is 1.28 bits per heavy atom. The van der Waals surface area contributed by atoms with Crippen LogP contribution in [0.15, 0.2) is 30.7 Å². The lowest BCUT2D eigenvalue weighted by Gasteiger charge is -2.14. The van der Waals surface area contributed by atoms with Crippen LogP contribution in [0.1, 0.15) is 25.3 Å². The largest absolute Gasteiger partial charge is 0.496 e. The van der Waals surface area contributed by atoms with Crippen LogP contribution in [-0.2, 0) is 0 Å². The normalized spacial score (nSPS) is 10.7. The molecular weight excluding hydrogens is 226 g/mol. The van der Waals surface area contributed by atoms with Gasteiger partial charge in [-0.2, -0.15) is 0 Å². The molecule has 1 aromatic carbocycles. The van der Waals surface area contributed by atoms with E-state index in [1.54, 1.807) is 13.3 Å². The molecule has 2 aromatic rings. The lowest BCUT2D eigenvalue weighted by atomic mass is 9.97. The summed E-state index contributed by atoms with van der Waals surface area (Å²) >= 11 is 0. The summed E-state index contributed by atoms with van der Waals surface area (Å²) in [6.07, 6.45) is 3.18. The summed E-state index contributed by atoms with van der Waals surface area (Å²) < 4.78 is 5.37. The maximum atomic E-state index is 5.87. The van der Waals surface area contributed by atoms with E-state index in [9.17, 15) is 0 Å². The van der Waals surface area contributed by atoms with E-state index in [0.29, 0.717) is 11.7 Å². The smallest absolute Gasteiger partial charge is 0.134 e. The monoisotopic (exact) mass is 243 g/mol. The zero-order valence-electron chi connectivity index (χ0n) is 10.8. The summed E-state index contributed by atoms with van der Waals surface area (Å²) in [4.78, 5) is 8.02. The SMILES string of the molecule is COc1ccc(-c2cncnc2N)cc1C(C)C. The van der Waals surface area contributed by atoms with Gasteiger partial charge >= 0.3 is 0 Å². The quantitative estimate of drug-likeness (QED) is 0.900. The van der Waals surface area contributed by atoms with Crippen molar-refractivity contribution in [1.82, 2.24) is 9.97 Å². The van der Waals surface area contributed by atoms with Crippen LogP contribution >= 0.6 is 0 Å². The highest BCUT2D eigenvalue weighted by atomic mass is 16.5. The van der Waals surface area contributed by atoms with Gasteiger partial charge in [0, 0.05) is 11.8 Å². The molecule has 94 valence electrons. The van der Waals surface area contributed by atoms with Gasteiger partial charge in [0.15, 0.2) is 0 Å². The number of benzene rings is 1. The predicted octanol–water partition coefficient (Wildman–Crippen LogP) is 2.86. The third-order valence-electron chi connectivity index (χ3n) is 2.91. The van der Waals surface area contributed by atoms with E-state index in [0.717, 1.165) is 22.4 Å². The highest BCUT2D eigenvalue weighted by Crippen LogP contribution is 2.32. The van der Waals surface area contributed by atoms with Gasteiger partial charge in [-0.1, -0.05) is 19.9 Å². The molecule has 0 atom stereocenters. The first-order valence-corrected chi connectivity index (χ1v) is 5.87. The van der Waals surface area contributed by atoms with Crippen molar-refractivity contribution >= 4 is 5.82 Å². The Morgan fingerprint density at radius 3 is 2.67 bits per heavy atom. The number of ether oxygens (including phenoxy) is 1. The first kappa shape index (κ1) is 12.4. The molecule has 18 heavy (non-hydrogen) atoms. The molecular formula is C14H17N3O. The molecule has 0 radical (unpaired) electrons. The zero-order valence-corrected chi connectivity index (χ0v) is 10.8. The molecule has 0 saturated carbocycles. The molecule has 4 nitrogen and oxygen atoms in total. The number of aromatic nitrogens is 2. The zero-order chi connectivity index (χ0) is 13.1. The second-order valence-electron chi connectivity index (χ2n) is 4.43. The number of anilines is 1. The maximum Gasteiger partial charge on any atom is 0.134 e. The second-order valence-corrected chi connectivity index (χ2v) is 4.43. The van der Waals surface area contributed by atoms with E-state index in [4.69, 9.17) is 10.5 Å². The molecule has 2 N–H and O–H groups in total. The van der Waals surface area contributed by atoms with Crippen LogP contribution < -0.4 is 10.5 Å². The van der Waals surface area contributed by atoms with Gasteiger partial charge in [0.1, 0.15) is 17.9 Å². The molecule has 2 rings (SSSR count). The van der Waals surface area contributed by atoms with Gasteiger partial charge in [0.25, 0.3) is 0 Å². The van der Waals surface area contributed by atoms with Crippen molar-refractivity contribution in [1.29, 1.82) is 0 Å². The first-order valence-electron chi connectivity index (χ1n) is 5.87. The van der Waals surface area contributed by atoms with Crippen molar-refractivity contribution in [3.8, 4) is 16.9 Å². The molecule has 4 heteroatoms. The first-order chi connectivity index (χ1) is 8.63. The Balaban J connectivity index is 2.54. The van der Waals surface area contributed by atoms with Crippen LogP contribution in [0.4, 0.5) is 5.82 Å². The second kappa shape index (κ2) is 5.04. The lowest BCUT2D eigenvalue weighted by Crippen LogP contribution is -1.98. The van der Waals surface area contributed by atoms with Crippen LogP contribution in [0.2, 0.25) is 0 Å². The van der Waals surface area contributed by atoms with Gasteiger partial charge in [-0.3, -0.25) is 0 Å². The number of nitrogens with two attached hydrogens (primary N) is 1. The van der Waals surface area contributed by atoms with Crippen molar-refractivity contribution in [3.05, 3.63) is 36.3 Å². The topological polar surface area (TPSA) is 61.0 Å². The van der Waals surface area contributed by atoms with Crippen LogP contribution in [0.3, 0.4) is 0 Å². The molecule has 0 bridgehead atoms. The molecule has 0 amide bonds. The number of nitrogens with zero attached hydrogens (tertiary/aromatic N) is 2. The summed E-state index contributed by atoms with van der Waals surface area (Å²) in [5.41, 5.74) is 8.88. The minimum atomic E-state index is 0.380.